The van der Waals surface area contributed by atoms with Crippen LogP contribution in [0.2, 0.25) is 0 Å². The van der Waals surface area contributed by atoms with Crippen molar-refractivity contribution in [2.75, 3.05) is 32.8 Å². The Morgan fingerprint density at radius 3 is 2.62 bits per heavy atom. The molecule has 0 bridgehead atoms. The van der Waals surface area contributed by atoms with Crippen molar-refractivity contribution in [3.63, 3.8) is 0 Å². The van der Waals surface area contributed by atoms with Gasteiger partial charge in [-0.15, -0.1) is 0 Å². The molecule has 116 valence electrons. The Kier molecular flexibility index (Phi) is 4.37. The van der Waals surface area contributed by atoms with Gasteiger partial charge in [0, 0.05) is 19.6 Å². The van der Waals surface area contributed by atoms with Crippen molar-refractivity contribution >= 4 is 12.0 Å². The van der Waals surface area contributed by atoms with Crippen LogP contribution in [-0.2, 0) is 9.53 Å². The number of urea groups is 1. The number of rotatable bonds is 2. The molecule has 2 rings (SSSR count). The van der Waals surface area contributed by atoms with Crippen molar-refractivity contribution in [2.45, 2.75) is 26.4 Å². The molecule has 7 heteroatoms. The summed E-state index contributed by atoms with van der Waals surface area (Å²) in [6.07, 6.45) is -0.128. The van der Waals surface area contributed by atoms with Gasteiger partial charge in [0.05, 0.1) is 24.6 Å². The number of amides is 2. The van der Waals surface area contributed by atoms with Crippen LogP contribution in [0.25, 0.3) is 0 Å². The minimum Gasteiger partial charge on any atom is -0.481 e. The molecule has 0 aromatic heterocycles. The second-order valence-electron chi connectivity index (χ2n) is 6.00. The number of nitrogens with zero attached hydrogens (tertiary/aromatic N) is 3. The van der Waals surface area contributed by atoms with Gasteiger partial charge < -0.3 is 19.6 Å². The number of likely N-dealkylation sites (tertiary alicyclic amines) is 1. The fraction of sp³-hybridized carbons (Fsp3) is 0.786. The molecule has 2 amide bonds. The zero-order valence-electron chi connectivity index (χ0n) is 12.4. The molecule has 21 heavy (non-hydrogen) atoms. The maximum absolute atomic E-state index is 12.5. The number of carboxylic acids is 1. The number of hydrogen-bond acceptors (Lipinski definition) is 4. The summed E-state index contributed by atoms with van der Waals surface area (Å²) in [5.41, 5.74) is -0.865. The number of nitriles is 1. The highest BCUT2D eigenvalue weighted by molar-refractivity contribution is 5.80. The first kappa shape index (κ1) is 15.6. The summed E-state index contributed by atoms with van der Waals surface area (Å²) >= 11 is 0. The predicted molar refractivity (Wildman–Crippen MR) is 73.4 cm³/mol. The van der Waals surface area contributed by atoms with Crippen LogP contribution in [0.1, 0.15) is 20.3 Å². The molecule has 1 N–H and O–H groups in total. The fourth-order valence-corrected chi connectivity index (χ4v) is 2.99. The molecule has 2 fully saturated rings. The molecule has 0 aromatic rings. The van der Waals surface area contributed by atoms with Crippen LogP contribution in [0, 0.1) is 22.7 Å². The second kappa shape index (κ2) is 5.90. The zero-order valence-corrected chi connectivity index (χ0v) is 12.4. The van der Waals surface area contributed by atoms with E-state index in [4.69, 9.17) is 10.00 Å². The molecule has 2 unspecified atom stereocenters. The van der Waals surface area contributed by atoms with E-state index in [1.54, 1.807) is 9.80 Å². The van der Waals surface area contributed by atoms with Crippen LogP contribution in [0.15, 0.2) is 0 Å². The summed E-state index contributed by atoms with van der Waals surface area (Å²) in [7, 11) is 0. The van der Waals surface area contributed by atoms with E-state index in [1.165, 1.54) is 0 Å². The van der Waals surface area contributed by atoms with E-state index in [0.717, 1.165) is 0 Å². The molecule has 0 spiro atoms. The zero-order chi connectivity index (χ0) is 15.6. The number of aliphatic carboxylic acids is 1. The van der Waals surface area contributed by atoms with E-state index in [-0.39, 0.29) is 25.0 Å². The first-order valence-corrected chi connectivity index (χ1v) is 7.19. The van der Waals surface area contributed by atoms with Crippen molar-refractivity contribution < 1.29 is 19.4 Å². The molecule has 0 aliphatic carbocycles. The number of morpholine rings is 1. The van der Waals surface area contributed by atoms with Gasteiger partial charge in [-0.3, -0.25) is 4.79 Å². The third kappa shape index (κ3) is 2.81. The van der Waals surface area contributed by atoms with Crippen molar-refractivity contribution in [3.8, 4) is 6.07 Å². The lowest BCUT2D eigenvalue weighted by atomic mass is 9.76. The molecule has 2 heterocycles. The van der Waals surface area contributed by atoms with Gasteiger partial charge in [-0.05, 0) is 12.3 Å². The first-order chi connectivity index (χ1) is 9.90. The molecule has 0 saturated carbocycles. The molecule has 2 aliphatic heterocycles. The highest BCUT2D eigenvalue weighted by Crippen LogP contribution is 2.38. The molecule has 7 nitrogen and oxygen atoms in total. The van der Waals surface area contributed by atoms with Crippen LogP contribution in [0.3, 0.4) is 0 Å². The largest absolute Gasteiger partial charge is 0.481 e. The summed E-state index contributed by atoms with van der Waals surface area (Å²) in [6.45, 7) is 5.45. The average molecular weight is 295 g/mol. The molecule has 2 atom stereocenters. The van der Waals surface area contributed by atoms with E-state index in [0.29, 0.717) is 26.1 Å². The number of carbonyl (C=O) groups excluding carboxylic acids is 1. The summed E-state index contributed by atoms with van der Waals surface area (Å²) in [5, 5.41) is 18.4. The predicted octanol–water partition coefficient (Wildman–Crippen LogP) is 0.763. The molecular formula is C14H21N3O4. The van der Waals surface area contributed by atoms with Crippen molar-refractivity contribution in [1.82, 2.24) is 9.80 Å². The Balaban J connectivity index is 2.05. The lowest BCUT2D eigenvalue weighted by molar-refractivity contribution is -0.150. The molecule has 0 radical (unpaired) electrons. The normalized spacial score (nSPS) is 29.5. The molecule has 2 saturated heterocycles. The summed E-state index contributed by atoms with van der Waals surface area (Å²) in [4.78, 5) is 27.3. The van der Waals surface area contributed by atoms with Crippen molar-refractivity contribution in [1.29, 1.82) is 5.26 Å². The standard InChI is InChI=1S/C14H21N3O4/c1-10(2)14(12(18)19)3-4-17(9-14)13(20)16-5-6-21-11(7-15)8-16/h10-11H,3-6,8-9H2,1-2H3,(H,18,19). The first-order valence-electron chi connectivity index (χ1n) is 7.19. The van der Waals surface area contributed by atoms with E-state index >= 15 is 0 Å². The van der Waals surface area contributed by atoms with Crippen LogP contribution < -0.4 is 0 Å². The van der Waals surface area contributed by atoms with E-state index in [1.807, 2.05) is 19.9 Å². The average Bonchev–Trinajstić information content (AvgIpc) is 2.93. The maximum atomic E-state index is 12.5. The molecular weight excluding hydrogens is 274 g/mol. The smallest absolute Gasteiger partial charge is 0.320 e. The third-order valence-corrected chi connectivity index (χ3v) is 4.58. The Bertz CT molecular complexity index is 473. The summed E-state index contributed by atoms with van der Waals surface area (Å²) in [5.74, 6) is -0.881. The molecule has 0 aromatic carbocycles. The van der Waals surface area contributed by atoms with Crippen molar-refractivity contribution in [3.05, 3.63) is 0 Å². The lowest BCUT2D eigenvalue weighted by Crippen LogP contribution is -2.51. The number of ether oxygens (including phenoxy) is 1. The van der Waals surface area contributed by atoms with Gasteiger partial charge in [-0.25, -0.2) is 4.79 Å². The van der Waals surface area contributed by atoms with E-state index in [9.17, 15) is 14.7 Å². The Hall–Kier alpha value is -1.81. The van der Waals surface area contributed by atoms with Crippen LogP contribution in [0.5, 0.6) is 0 Å². The highest BCUT2D eigenvalue weighted by atomic mass is 16.5. The Labute approximate surface area is 124 Å². The Morgan fingerprint density at radius 2 is 2.10 bits per heavy atom. The lowest BCUT2D eigenvalue weighted by Gasteiger charge is -2.34. The molecule has 2 aliphatic rings. The van der Waals surface area contributed by atoms with E-state index < -0.39 is 17.5 Å². The summed E-state index contributed by atoms with van der Waals surface area (Å²) < 4.78 is 5.22. The fourth-order valence-electron chi connectivity index (χ4n) is 2.99. The summed E-state index contributed by atoms with van der Waals surface area (Å²) in [6, 6.07) is 1.81. The minimum absolute atomic E-state index is 0.0376. The van der Waals surface area contributed by atoms with Gasteiger partial charge in [0.2, 0.25) is 0 Å². The van der Waals surface area contributed by atoms with Gasteiger partial charge in [-0.1, -0.05) is 13.8 Å². The monoisotopic (exact) mass is 295 g/mol. The number of carbonyl (C=O) groups is 2. The Morgan fingerprint density at radius 1 is 1.38 bits per heavy atom. The van der Waals surface area contributed by atoms with Crippen LogP contribution in [0.4, 0.5) is 4.79 Å². The van der Waals surface area contributed by atoms with Gasteiger partial charge >= 0.3 is 12.0 Å². The number of carboxylic acid groups (broad SMARTS) is 1. The quantitative estimate of drug-likeness (QED) is 0.812. The SMILES string of the molecule is CC(C)C1(C(=O)O)CCN(C(=O)N2CCOC(C#N)C2)C1. The third-order valence-electron chi connectivity index (χ3n) is 4.58. The van der Waals surface area contributed by atoms with Gasteiger partial charge in [-0.2, -0.15) is 5.26 Å². The van der Waals surface area contributed by atoms with Gasteiger partial charge in [0.15, 0.2) is 6.10 Å². The van der Waals surface area contributed by atoms with Gasteiger partial charge in [0.25, 0.3) is 0 Å². The maximum Gasteiger partial charge on any atom is 0.320 e. The highest BCUT2D eigenvalue weighted by Gasteiger charge is 2.49. The van der Waals surface area contributed by atoms with E-state index in [2.05, 4.69) is 0 Å². The van der Waals surface area contributed by atoms with Crippen LogP contribution >= 0.6 is 0 Å². The topological polar surface area (TPSA) is 93.9 Å². The van der Waals surface area contributed by atoms with Gasteiger partial charge in [0.1, 0.15) is 0 Å². The van der Waals surface area contributed by atoms with Crippen molar-refractivity contribution in [2.24, 2.45) is 11.3 Å². The second-order valence-corrected chi connectivity index (χ2v) is 6.00. The number of hydrogen-bond donors (Lipinski definition) is 1. The van der Waals surface area contributed by atoms with Crippen LogP contribution in [-0.4, -0.2) is 65.8 Å². The minimum atomic E-state index is -0.865.